The van der Waals surface area contributed by atoms with E-state index in [1.807, 2.05) is 51.1 Å². The Morgan fingerprint density at radius 1 is 0.971 bits per heavy atom. The lowest BCUT2D eigenvalue weighted by Crippen LogP contribution is -2.30. The van der Waals surface area contributed by atoms with Crippen LogP contribution in [-0.4, -0.2) is 20.6 Å². The second-order valence-corrected chi connectivity index (χ2v) is 11.2. The molecule has 6 heteroatoms. The average molecular weight is 477 g/mol. The van der Waals surface area contributed by atoms with E-state index in [0.717, 1.165) is 35.1 Å². The van der Waals surface area contributed by atoms with Crippen LogP contribution in [-0.2, 0) is 29.4 Å². The lowest BCUT2D eigenvalue weighted by molar-refractivity contribution is 0.0940. The molecule has 1 aliphatic carbocycles. The fourth-order valence-corrected chi connectivity index (χ4v) is 5.46. The Labute approximate surface area is 202 Å². The van der Waals surface area contributed by atoms with Gasteiger partial charge in [0.2, 0.25) is 10.0 Å². The molecule has 0 unspecified atom stereocenters. The first-order valence-corrected chi connectivity index (χ1v) is 13.5. The van der Waals surface area contributed by atoms with Crippen molar-refractivity contribution in [3.8, 4) is 0 Å². The van der Waals surface area contributed by atoms with Crippen LogP contribution in [0, 0.1) is 13.8 Å². The number of nitrogens with one attached hydrogen (secondary N) is 1. The van der Waals surface area contributed by atoms with Gasteiger partial charge in [-0.3, -0.25) is 9.10 Å². The fraction of sp³-hybridized carbons (Fsp3) is 0.321. The number of carbonyl (C=O) groups is 1. The highest BCUT2D eigenvalue weighted by atomic mass is 32.2. The zero-order valence-electron chi connectivity index (χ0n) is 20.3. The summed E-state index contributed by atoms with van der Waals surface area (Å²) in [7, 11) is -3.48. The number of hydrogen-bond donors (Lipinski definition) is 1. The molecule has 4 rings (SSSR count). The van der Waals surface area contributed by atoms with Crippen molar-refractivity contribution in [3.63, 3.8) is 0 Å². The third-order valence-corrected chi connectivity index (χ3v) is 7.67. The predicted molar refractivity (Wildman–Crippen MR) is 138 cm³/mol. The van der Waals surface area contributed by atoms with Gasteiger partial charge in [-0.05, 0) is 91.6 Å². The first-order chi connectivity index (χ1) is 16.1. The maximum atomic E-state index is 12.8. The van der Waals surface area contributed by atoms with Gasteiger partial charge < -0.3 is 5.32 Å². The Kier molecular flexibility index (Phi) is 6.80. The van der Waals surface area contributed by atoms with Crippen molar-refractivity contribution >= 4 is 21.6 Å². The van der Waals surface area contributed by atoms with Gasteiger partial charge in [0.25, 0.3) is 5.91 Å². The minimum absolute atomic E-state index is 0.0944. The number of benzene rings is 3. The topological polar surface area (TPSA) is 66.5 Å². The minimum Gasteiger partial charge on any atom is -0.346 e. The molecule has 0 saturated carbocycles. The Morgan fingerprint density at radius 2 is 1.68 bits per heavy atom. The number of hydrogen-bond acceptors (Lipinski definition) is 3. The third-order valence-electron chi connectivity index (χ3n) is 6.55. The van der Waals surface area contributed by atoms with E-state index in [1.165, 1.54) is 28.1 Å². The number of amides is 1. The molecular formula is C28H32N2O3S. The Morgan fingerprint density at radius 3 is 2.38 bits per heavy atom. The fourth-order valence-electron chi connectivity index (χ4n) is 4.52. The van der Waals surface area contributed by atoms with Crippen molar-refractivity contribution in [2.75, 3.05) is 10.6 Å². The molecule has 1 amide bonds. The number of fused-ring (bicyclic) bond motifs is 1. The van der Waals surface area contributed by atoms with E-state index in [0.29, 0.717) is 11.3 Å². The molecule has 3 aromatic carbocycles. The zero-order chi connectivity index (χ0) is 24.5. The van der Waals surface area contributed by atoms with E-state index in [-0.39, 0.29) is 18.5 Å². The molecule has 0 saturated heterocycles. The molecule has 0 heterocycles. The maximum absolute atomic E-state index is 12.8. The molecule has 0 bridgehead atoms. The molecule has 34 heavy (non-hydrogen) atoms. The van der Waals surface area contributed by atoms with Gasteiger partial charge in [0.1, 0.15) is 0 Å². The van der Waals surface area contributed by atoms with Gasteiger partial charge >= 0.3 is 0 Å². The summed E-state index contributed by atoms with van der Waals surface area (Å²) in [6.45, 7) is 6.05. The molecule has 1 N–H and O–H groups in total. The highest BCUT2D eigenvalue weighted by Gasteiger charge is 2.20. The van der Waals surface area contributed by atoms with Gasteiger partial charge in [-0.25, -0.2) is 8.42 Å². The molecule has 5 nitrogen and oxygen atoms in total. The van der Waals surface area contributed by atoms with Crippen LogP contribution >= 0.6 is 0 Å². The van der Waals surface area contributed by atoms with Crippen molar-refractivity contribution < 1.29 is 13.2 Å². The van der Waals surface area contributed by atoms with Gasteiger partial charge in [0.15, 0.2) is 0 Å². The number of sulfonamides is 1. The average Bonchev–Trinajstić information content (AvgIpc) is 3.27. The summed E-state index contributed by atoms with van der Waals surface area (Å²) in [5, 5.41) is 3.08. The SMILES string of the molecule is Cc1ccc(C)c(N(Cc2ccc(C(=O)N[C@H](C)c3ccc4c(c3)CCC4)cc2)S(C)(=O)=O)c1. The van der Waals surface area contributed by atoms with Gasteiger partial charge in [0, 0.05) is 5.56 Å². The number of aryl methyl sites for hydroxylation is 4. The van der Waals surface area contributed by atoms with Gasteiger partial charge in [-0.15, -0.1) is 0 Å². The monoisotopic (exact) mass is 476 g/mol. The van der Waals surface area contributed by atoms with E-state index in [2.05, 4.69) is 23.5 Å². The molecule has 1 atom stereocenters. The summed E-state index contributed by atoms with van der Waals surface area (Å²) in [5.41, 5.74) is 7.86. The normalized spacial score (nSPS) is 13.9. The molecule has 178 valence electrons. The summed E-state index contributed by atoms with van der Waals surface area (Å²) < 4.78 is 26.5. The quantitative estimate of drug-likeness (QED) is 0.507. The van der Waals surface area contributed by atoms with Crippen LogP contribution in [0.5, 0.6) is 0 Å². The molecule has 0 radical (unpaired) electrons. The Hall–Kier alpha value is -3.12. The third kappa shape index (κ3) is 5.33. The number of rotatable bonds is 7. The van der Waals surface area contributed by atoms with Gasteiger partial charge in [0.05, 0.1) is 24.5 Å². The van der Waals surface area contributed by atoms with E-state index in [4.69, 9.17) is 0 Å². The van der Waals surface area contributed by atoms with Crippen LogP contribution in [0.4, 0.5) is 5.69 Å². The smallest absolute Gasteiger partial charge is 0.251 e. The minimum atomic E-state index is -3.48. The van der Waals surface area contributed by atoms with Crippen LogP contribution in [0.2, 0.25) is 0 Å². The molecular weight excluding hydrogens is 444 g/mol. The van der Waals surface area contributed by atoms with E-state index >= 15 is 0 Å². The summed E-state index contributed by atoms with van der Waals surface area (Å²) >= 11 is 0. The molecule has 0 spiro atoms. The summed E-state index contributed by atoms with van der Waals surface area (Å²) in [6.07, 6.45) is 4.67. The first-order valence-electron chi connectivity index (χ1n) is 11.7. The van der Waals surface area contributed by atoms with Crippen molar-refractivity contribution in [1.82, 2.24) is 5.32 Å². The summed E-state index contributed by atoms with van der Waals surface area (Å²) in [4.78, 5) is 12.8. The second kappa shape index (κ2) is 9.63. The van der Waals surface area contributed by atoms with Gasteiger partial charge in [-0.2, -0.15) is 0 Å². The van der Waals surface area contributed by atoms with Crippen LogP contribution < -0.4 is 9.62 Å². The van der Waals surface area contributed by atoms with E-state index in [9.17, 15) is 13.2 Å². The zero-order valence-corrected chi connectivity index (χ0v) is 21.1. The number of carbonyl (C=O) groups excluding carboxylic acids is 1. The Bertz CT molecular complexity index is 1310. The van der Waals surface area contributed by atoms with Crippen LogP contribution in [0.3, 0.4) is 0 Å². The highest BCUT2D eigenvalue weighted by Crippen LogP contribution is 2.27. The van der Waals surface area contributed by atoms with Crippen molar-refractivity contribution in [3.05, 3.63) is 99.6 Å². The number of anilines is 1. The van der Waals surface area contributed by atoms with Crippen LogP contribution in [0.1, 0.15) is 63.1 Å². The first kappa shape index (κ1) is 24.0. The lowest BCUT2D eigenvalue weighted by Gasteiger charge is -2.25. The van der Waals surface area contributed by atoms with Crippen LogP contribution in [0.25, 0.3) is 0 Å². The largest absolute Gasteiger partial charge is 0.346 e. The second-order valence-electron chi connectivity index (χ2n) is 9.33. The molecule has 0 fully saturated rings. The summed E-state index contributed by atoms with van der Waals surface area (Å²) in [5.74, 6) is -0.144. The highest BCUT2D eigenvalue weighted by molar-refractivity contribution is 7.92. The molecule has 0 aliphatic heterocycles. The standard InChI is InChI=1S/C28H32N2O3S/c1-19-8-9-20(2)27(16-19)30(34(4,32)33)18-22-10-12-24(13-11-22)28(31)29-21(3)25-15-14-23-6-5-7-26(23)17-25/h8-17,21H,5-7,18H2,1-4H3,(H,29,31)/t21-/m1/s1. The maximum Gasteiger partial charge on any atom is 0.251 e. The number of nitrogens with zero attached hydrogens (tertiary/aromatic N) is 1. The lowest BCUT2D eigenvalue weighted by atomic mass is 10.0. The molecule has 0 aromatic heterocycles. The van der Waals surface area contributed by atoms with E-state index in [1.54, 1.807) is 12.1 Å². The molecule has 1 aliphatic rings. The van der Waals surface area contributed by atoms with Crippen LogP contribution in [0.15, 0.2) is 60.7 Å². The Balaban J connectivity index is 1.47. The van der Waals surface area contributed by atoms with Crippen molar-refractivity contribution in [2.24, 2.45) is 0 Å². The summed E-state index contributed by atoms with van der Waals surface area (Å²) in [6, 6.07) is 19.3. The molecule has 3 aromatic rings. The van der Waals surface area contributed by atoms with E-state index < -0.39 is 10.0 Å². The predicted octanol–water partition coefficient (Wildman–Crippen LogP) is 5.25. The van der Waals surface area contributed by atoms with Crippen molar-refractivity contribution in [1.29, 1.82) is 0 Å². The van der Waals surface area contributed by atoms with Crippen molar-refractivity contribution in [2.45, 2.75) is 52.6 Å². The van der Waals surface area contributed by atoms with Gasteiger partial charge in [-0.1, -0.05) is 42.5 Å².